The second-order valence-corrected chi connectivity index (χ2v) is 6.38. The molecule has 140 valence electrons. The number of benzene rings is 1. The van der Waals surface area contributed by atoms with Crippen LogP contribution in [0.25, 0.3) is 0 Å². The number of carboxylic acid groups (broad SMARTS) is 1. The highest BCUT2D eigenvalue weighted by Crippen LogP contribution is 2.23. The van der Waals surface area contributed by atoms with Gasteiger partial charge in [-0.25, -0.2) is 9.18 Å². The molecule has 0 saturated heterocycles. The lowest BCUT2D eigenvalue weighted by atomic mass is 10.1. The van der Waals surface area contributed by atoms with E-state index in [0.717, 1.165) is 18.9 Å². The molecule has 1 unspecified atom stereocenters. The number of carbonyl (C=O) groups excluding carboxylic acids is 1. The molecule has 0 bridgehead atoms. The molecule has 0 fully saturated rings. The monoisotopic (exact) mass is 381 g/mol. The van der Waals surface area contributed by atoms with Crippen molar-refractivity contribution in [1.82, 2.24) is 15.1 Å². The summed E-state index contributed by atoms with van der Waals surface area (Å²) in [7, 11) is 0. The summed E-state index contributed by atoms with van der Waals surface area (Å²) >= 11 is 5.63. The van der Waals surface area contributed by atoms with Crippen molar-refractivity contribution in [3.8, 4) is 0 Å². The van der Waals surface area contributed by atoms with Gasteiger partial charge in [0.2, 0.25) is 0 Å². The van der Waals surface area contributed by atoms with Gasteiger partial charge >= 0.3 is 5.97 Å². The zero-order chi connectivity index (χ0) is 19.4. The summed E-state index contributed by atoms with van der Waals surface area (Å²) in [6, 6.07) is 2.39. The number of halogens is 2. The average Bonchev–Trinajstić information content (AvgIpc) is 2.98. The highest BCUT2D eigenvalue weighted by Gasteiger charge is 2.26. The van der Waals surface area contributed by atoms with Crippen LogP contribution in [0.1, 0.15) is 60.4 Å². The maximum atomic E-state index is 13.6. The van der Waals surface area contributed by atoms with E-state index in [-0.39, 0.29) is 22.2 Å². The van der Waals surface area contributed by atoms with E-state index in [1.165, 1.54) is 18.3 Å². The molecule has 0 aliphatic rings. The minimum absolute atomic E-state index is 0.0952. The minimum Gasteiger partial charge on any atom is -0.479 e. The molecule has 0 spiro atoms. The molecule has 0 saturated carbocycles. The third kappa shape index (κ3) is 4.04. The first-order valence-corrected chi connectivity index (χ1v) is 8.70. The molecular weight excluding hydrogens is 361 g/mol. The van der Waals surface area contributed by atoms with Crippen LogP contribution in [0.15, 0.2) is 24.4 Å². The maximum absolute atomic E-state index is 13.6. The standard InChI is InChI=1S/C18H21ClFN3O3/c1-4-12(5-2)23-10(3)13(9-21-23)17(24)22-16(18(25)26)11-6-7-14(19)15(20)8-11/h6-9,12,16H,4-5H2,1-3H3,(H,22,24)(H,25,26). The van der Waals surface area contributed by atoms with Crippen LogP contribution in [0, 0.1) is 12.7 Å². The fraction of sp³-hybridized carbons (Fsp3) is 0.389. The van der Waals surface area contributed by atoms with Crippen LogP contribution in [-0.4, -0.2) is 26.8 Å². The molecule has 1 amide bonds. The Labute approximate surface area is 156 Å². The van der Waals surface area contributed by atoms with E-state index in [0.29, 0.717) is 5.69 Å². The molecule has 26 heavy (non-hydrogen) atoms. The molecular formula is C18H21ClFN3O3. The molecule has 2 rings (SSSR count). The Kier molecular flexibility index (Phi) is 6.37. The molecule has 2 N–H and O–H groups in total. The van der Waals surface area contributed by atoms with Gasteiger partial charge in [-0.15, -0.1) is 0 Å². The number of carbonyl (C=O) groups is 2. The summed E-state index contributed by atoms with van der Waals surface area (Å²) in [4.78, 5) is 24.1. The Morgan fingerprint density at radius 1 is 1.35 bits per heavy atom. The summed E-state index contributed by atoms with van der Waals surface area (Å²) < 4.78 is 15.4. The molecule has 8 heteroatoms. The van der Waals surface area contributed by atoms with E-state index in [1.807, 2.05) is 13.8 Å². The van der Waals surface area contributed by atoms with E-state index < -0.39 is 23.7 Å². The molecule has 6 nitrogen and oxygen atoms in total. The van der Waals surface area contributed by atoms with Gasteiger partial charge in [-0.3, -0.25) is 9.48 Å². The van der Waals surface area contributed by atoms with Crippen molar-refractivity contribution in [1.29, 1.82) is 0 Å². The number of rotatable bonds is 7. The summed E-state index contributed by atoms with van der Waals surface area (Å²) in [5.74, 6) is -2.63. The van der Waals surface area contributed by atoms with Gasteiger partial charge in [-0.1, -0.05) is 31.5 Å². The molecule has 1 aromatic carbocycles. The zero-order valence-corrected chi connectivity index (χ0v) is 15.5. The Hall–Kier alpha value is -2.41. The van der Waals surface area contributed by atoms with Crippen LogP contribution in [0.3, 0.4) is 0 Å². The van der Waals surface area contributed by atoms with Crippen LogP contribution < -0.4 is 5.32 Å². The van der Waals surface area contributed by atoms with Crippen LogP contribution in [0.2, 0.25) is 5.02 Å². The van der Waals surface area contributed by atoms with Crippen molar-refractivity contribution >= 4 is 23.5 Å². The second-order valence-electron chi connectivity index (χ2n) is 5.98. The van der Waals surface area contributed by atoms with E-state index in [4.69, 9.17) is 11.6 Å². The topological polar surface area (TPSA) is 84.2 Å². The molecule has 0 radical (unpaired) electrons. The fourth-order valence-electron chi connectivity index (χ4n) is 2.84. The first kappa shape index (κ1) is 19.9. The van der Waals surface area contributed by atoms with Gasteiger partial charge in [0.05, 0.1) is 22.8 Å². The third-order valence-corrected chi connectivity index (χ3v) is 4.68. The highest BCUT2D eigenvalue weighted by molar-refractivity contribution is 6.30. The lowest BCUT2D eigenvalue weighted by molar-refractivity contribution is -0.139. The molecule has 1 aromatic heterocycles. The number of aliphatic carboxylic acids is 1. The van der Waals surface area contributed by atoms with Crippen LogP contribution in [0.4, 0.5) is 4.39 Å². The second kappa shape index (κ2) is 8.31. The van der Waals surface area contributed by atoms with Gasteiger partial charge in [0.25, 0.3) is 5.91 Å². The summed E-state index contributed by atoms with van der Waals surface area (Å²) in [6.45, 7) is 5.83. The zero-order valence-electron chi connectivity index (χ0n) is 14.8. The quantitative estimate of drug-likeness (QED) is 0.761. The van der Waals surface area contributed by atoms with Crippen molar-refractivity contribution in [3.05, 3.63) is 52.1 Å². The Bertz CT molecular complexity index is 818. The van der Waals surface area contributed by atoms with Crippen molar-refractivity contribution in [2.45, 2.75) is 45.7 Å². The smallest absolute Gasteiger partial charge is 0.330 e. The van der Waals surface area contributed by atoms with E-state index >= 15 is 0 Å². The predicted octanol–water partition coefficient (Wildman–Crippen LogP) is 3.90. The van der Waals surface area contributed by atoms with Gasteiger partial charge in [0.15, 0.2) is 6.04 Å². The number of nitrogens with zero attached hydrogens (tertiary/aromatic N) is 2. The van der Waals surface area contributed by atoms with Crippen molar-refractivity contribution in [2.24, 2.45) is 0 Å². The lowest BCUT2D eigenvalue weighted by Crippen LogP contribution is -2.34. The van der Waals surface area contributed by atoms with Gasteiger partial charge in [0, 0.05) is 5.69 Å². The van der Waals surface area contributed by atoms with Gasteiger partial charge in [-0.2, -0.15) is 5.10 Å². The van der Waals surface area contributed by atoms with Crippen molar-refractivity contribution < 1.29 is 19.1 Å². The Morgan fingerprint density at radius 3 is 2.54 bits per heavy atom. The third-order valence-electron chi connectivity index (χ3n) is 4.38. The van der Waals surface area contributed by atoms with Gasteiger partial charge < -0.3 is 10.4 Å². The van der Waals surface area contributed by atoms with E-state index in [2.05, 4.69) is 10.4 Å². The number of nitrogens with one attached hydrogen (secondary N) is 1. The highest BCUT2D eigenvalue weighted by atomic mass is 35.5. The van der Waals surface area contributed by atoms with Crippen LogP contribution >= 0.6 is 11.6 Å². The summed E-state index contributed by atoms with van der Waals surface area (Å²) in [5.41, 5.74) is 1.04. The van der Waals surface area contributed by atoms with Crippen molar-refractivity contribution in [3.63, 3.8) is 0 Å². The Morgan fingerprint density at radius 2 is 2.00 bits per heavy atom. The molecule has 1 heterocycles. The largest absolute Gasteiger partial charge is 0.479 e. The number of hydrogen-bond donors (Lipinski definition) is 2. The number of carboxylic acids is 1. The number of aromatic nitrogens is 2. The number of amides is 1. The van der Waals surface area contributed by atoms with Crippen molar-refractivity contribution in [2.75, 3.05) is 0 Å². The molecule has 0 aliphatic heterocycles. The van der Waals surface area contributed by atoms with Gasteiger partial charge in [-0.05, 0) is 37.5 Å². The molecule has 1 atom stereocenters. The Balaban J connectivity index is 2.28. The minimum atomic E-state index is -1.40. The van der Waals surface area contributed by atoms with Gasteiger partial charge in [0.1, 0.15) is 5.82 Å². The van der Waals surface area contributed by atoms with Crippen LogP contribution in [-0.2, 0) is 4.79 Å². The van der Waals surface area contributed by atoms with E-state index in [1.54, 1.807) is 11.6 Å². The van der Waals surface area contributed by atoms with Crippen LogP contribution in [0.5, 0.6) is 0 Å². The summed E-state index contributed by atoms with van der Waals surface area (Å²) in [6.07, 6.45) is 3.15. The van der Waals surface area contributed by atoms with E-state index in [9.17, 15) is 19.1 Å². The fourth-order valence-corrected chi connectivity index (χ4v) is 2.95. The predicted molar refractivity (Wildman–Crippen MR) is 95.8 cm³/mol. The lowest BCUT2D eigenvalue weighted by Gasteiger charge is -2.17. The first-order chi connectivity index (χ1) is 12.3. The maximum Gasteiger partial charge on any atom is 0.330 e. The molecule has 0 aliphatic carbocycles. The number of hydrogen-bond acceptors (Lipinski definition) is 3. The SMILES string of the molecule is CCC(CC)n1ncc(C(=O)NC(C(=O)O)c2ccc(Cl)c(F)c2)c1C. The summed E-state index contributed by atoms with van der Waals surface area (Å²) in [5, 5.41) is 16.0. The average molecular weight is 382 g/mol. The first-order valence-electron chi connectivity index (χ1n) is 8.32. The molecule has 2 aromatic rings. The normalized spacial score (nSPS) is 12.2.